The van der Waals surface area contributed by atoms with Gasteiger partial charge in [-0.15, -0.1) is 0 Å². The van der Waals surface area contributed by atoms with E-state index in [0.717, 1.165) is 0 Å². The van der Waals surface area contributed by atoms with E-state index in [-0.39, 0.29) is 0 Å². The molecule has 1 nitrogen and oxygen atoms in total. The molecule has 0 bridgehead atoms. The summed E-state index contributed by atoms with van der Waals surface area (Å²) < 4.78 is 41.0. The summed E-state index contributed by atoms with van der Waals surface area (Å²) in [5, 5.41) is 0. The van der Waals surface area contributed by atoms with Gasteiger partial charge in [-0.2, -0.15) is 8.78 Å². The summed E-state index contributed by atoms with van der Waals surface area (Å²) in [6, 6.07) is 8.12. The average Bonchev–Trinajstić information content (AvgIpc) is 2.17. The second kappa shape index (κ2) is 4.16. The van der Waals surface area contributed by atoms with Crippen LogP contribution in [0.15, 0.2) is 30.3 Å². The maximum Gasteiger partial charge on any atom is 0.309 e. The third-order valence-corrected chi connectivity index (χ3v) is 1.39. The Morgan fingerprint density at radius 2 is 1.77 bits per heavy atom. The number of ether oxygens (including phenoxy) is 1. The topological polar surface area (TPSA) is 9.23 Å². The summed E-state index contributed by atoms with van der Waals surface area (Å²) in [6.07, 6.45) is 0. The van der Waals surface area contributed by atoms with Gasteiger partial charge in [0.15, 0.2) is 13.3 Å². The summed E-state index contributed by atoms with van der Waals surface area (Å²) in [4.78, 5) is 0. The highest BCUT2D eigenvalue weighted by Gasteiger charge is 2.29. The lowest BCUT2D eigenvalue weighted by Gasteiger charge is -2.12. The third kappa shape index (κ3) is 3.36. The molecule has 0 fully saturated rings. The van der Waals surface area contributed by atoms with Crippen molar-refractivity contribution in [2.45, 2.75) is 5.92 Å². The number of hydrogen-bond donors (Lipinski definition) is 0. The van der Waals surface area contributed by atoms with Crippen LogP contribution < -0.4 is 4.74 Å². The van der Waals surface area contributed by atoms with E-state index >= 15 is 0 Å². The Labute approximate surface area is 74.1 Å². The molecule has 0 aliphatic heterocycles. The second-order valence-electron chi connectivity index (χ2n) is 2.59. The highest BCUT2D eigenvalue weighted by Crippen LogP contribution is 2.17. The van der Waals surface area contributed by atoms with Crippen LogP contribution in [0.4, 0.5) is 13.2 Å². The SMILES string of the molecule is FCC(F)(F)COc1ccccc1. The standard InChI is InChI=1S/C9H9F3O/c10-6-9(11,12)7-13-8-4-2-1-3-5-8/h1-5H,6-7H2. The van der Waals surface area contributed by atoms with Gasteiger partial charge >= 0.3 is 5.92 Å². The highest BCUT2D eigenvalue weighted by atomic mass is 19.3. The molecule has 0 spiro atoms. The van der Waals surface area contributed by atoms with Gasteiger partial charge in [0.2, 0.25) is 0 Å². The van der Waals surface area contributed by atoms with Crippen LogP contribution in [-0.4, -0.2) is 19.2 Å². The van der Waals surface area contributed by atoms with E-state index in [1.54, 1.807) is 18.2 Å². The smallest absolute Gasteiger partial charge is 0.309 e. The second-order valence-corrected chi connectivity index (χ2v) is 2.59. The van der Waals surface area contributed by atoms with Gasteiger partial charge in [-0.25, -0.2) is 4.39 Å². The molecule has 0 aromatic heterocycles. The molecule has 0 unspecified atom stereocenters. The monoisotopic (exact) mass is 190 g/mol. The van der Waals surface area contributed by atoms with Crippen LogP contribution in [0.25, 0.3) is 0 Å². The normalized spacial score (nSPS) is 11.3. The van der Waals surface area contributed by atoms with Gasteiger partial charge in [0, 0.05) is 0 Å². The number of hydrogen-bond acceptors (Lipinski definition) is 1. The van der Waals surface area contributed by atoms with E-state index in [9.17, 15) is 13.2 Å². The van der Waals surface area contributed by atoms with Crippen LogP contribution in [0.3, 0.4) is 0 Å². The molecule has 13 heavy (non-hydrogen) atoms. The minimum Gasteiger partial charge on any atom is -0.487 e. The first-order chi connectivity index (χ1) is 6.14. The number of halogens is 3. The van der Waals surface area contributed by atoms with Gasteiger partial charge in [0.1, 0.15) is 5.75 Å². The molecule has 0 radical (unpaired) electrons. The first-order valence-electron chi connectivity index (χ1n) is 3.76. The Morgan fingerprint density at radius 1 is 1.15 bits per heavy atom. The van der Waals surface area contributed by atoms with Gasteiger partial charge in [0.05, 0.1) is 0 Å². The Bertz CT molecular complexity index is 248. The van der Waals surface area contributed by atoms with Gasteiger partial charge < -0.3 is 4.74 Å². The Morgan fingerprint density at radius 3 is 2.31 bits per heavy atom. The maximum absolute atomic E-state index is 12.3. The van der Waals surface area contributed by atoms with Gasteiger partial charge in [-0.05, 0) is 12.1 Å². The fourth-order valence-electron chi connectivity index (χ4n) is 0.744. The number of benzene rings is 1. The summed E-state index contributed by atoms with van der Waals surface area (Å²) in [6.45, 7) is -2.62. The number of para-hydroxylation sites is 1. The maximum atomic E-state index is 12.3. The predicted molar refractivity (Wildman–Crippen MR) is 42.9 cm³/mol. The van der Waals surface area contributed by atoms with Crippen molar-refractivity contribution in [3.63, 3.8) is 0 Å². The molecule has 72 valence electrons. The minimum absolute atomic E-state index is 0.315. The van der Waals surface area contributed by atoms with Crippen molar-refractivity contribution in [3.05, 3.63) is 30.3 Å². The molecule has 1 rings (SSSR count). The Hall–Kier alpha value is -1.19. The predicted octanol–water partition coefficient (Wildman–Crippen LogP) is 2.67. The third-order valence-electron chi connectivity index (χ3n) is 1.39. The van der Waals surface area contributed by atoms with Crippen molar-refractivity contribution in [2.75, 3.05) is 13.3 Å². The molecule has 0 saturated carbocycles. The lowest BCUT2D eigenvalue weighted by Crippen LogP contribution is -2.27. The molecule has 4 heteroatoms. The fourth-order valence-corrected chi connectivity index (χ4v) is 0.744. The highest BCUT2D eigenvalue weighted by molar-refractivity contribution is 5.20. The van der Waals surface area contributed by atoms with E-state index in [1.807, 2.05) is 0 Å². The molecule has 0 N–H and O–H groups in total. The van der Waals surface area contributed by atoms with Crippen molar-refractivity contribution in [1.29, 1.82) is 0 Å². The Kier molecular flexibility index (Phi) is 3.17. The molecular formula is C9H9F3O. The zero-order valence-electron chi connectivity index (χ0n) is 6.84. The van der Waals surface area contributed by atoms with E-state index in [2.05, 4.69) is 4.74 Å². The van der Waals surface area contributed by atoms with Crippen molar-refractivity contribution < 1.29 is 17.9 Å². The molecular weight excluding hydrogens is 181 g/mol. The van der Waals surface area contributed by atoms with Crippen LogP contribution in [0.5, 0.6) is 5.75 Å². The number of alkyl halides is 3. The Balaban J connectivity index is 2.44. The van der Waals surface area contributed by atoms with E-state index in [0.29, 0.717) is 5.75 Å². The quantitative estimate of drug-likeness (QED) is 0.709. The summed E-state index contributed by atoms with van der Waals surface area (Å²) in [5.74, 6) is -3.08. The zero-order valence-corrected chi connectivity index (χ0v) is 6.84. The molecule has 0 saturated heterocycles. The lowest BCUT2D eigenvalue weighted by atomic mass is 10.3. The van der Waals surface area contributed by atoms with Crippen LogP contribution in [0.1, 0.15) is 0 Å². The van der Waals surface area contributed by atoms with Gasteiger partial charge in [0.25, 0.3) is 0 Å². The first kappa shape index (κ1) is 9.89. The van der Waals surface area contributed by atoms with Crippen LogP contribution >= 0.6 is 0 Å². The lowest BCUT2D eigenvalue weighted by molar-refractivity contribution is -0.0584. The molecule has 0 aliphatic carbocycles. The summed E-state index contributed by atoms with van der Waals surface area (Å²) >= 11 is 0. The zero-order chi connectivity index (χ0) is 9.73. The molecule has 0 atom stereocenters. The van der Waals surface area contributed by atoms with Gasteiger partial charge in [-0.1, -0.05) is 18.2 Å². The van der Waals surface area contributed by atoms with Crippen LogP contribution in [0.2, 0.25) is 0 Å². The summed E-state index contributed by atoms with van der Waals surface area (Å²) in [5.41, 5.74) is 0. The minimum atomic E-state index is -3.39. The van der Waals surface area contributed by atoms with Crippen molar-refractivity contribution in [3.8, 4) is 5.75 Å². The van der Waals surface area contributed by atoms with Gasteiger partial charge in [-0.3, -0.25) is 0 Å². The fraction of sp³-hybridized carbons (Fsp3) is 0.333. The number of rotatable bonds is 4. The van der Waals surface area contributed by atoms with Crippen LogP contribution in [-0.2, 0) is 0 Å². The molecule has 0 heterocycles. The average molecular weight is 190 g/mol. The summed E-state index contributed by atoms with van der Waals surface area (Å²) in [7, 11) is 0. The first-order valence-corrected chi connectivity index (χ1v) is 3.76. The molecule has 1 aromatic carbocycles. The molecule has 0 aliphatic rings. The van der Waals surface area contributed by atoms with E-state index in [1.165, 1.54) is 12.1 Å². The van der Waals surface area contributed by atoms with Crippen molar-refractivity contribution >= 4 is 0 Å². The molecule has 1 aromatic rings. The van der Waals surface area contributed by atoms with E-state index < -0.39 is 19.2 Å². The van der Waals surface area contributed by atoms with E-state index in [4.69, 9.17) is 0 Å². The van der Waals surface area contributed by atoms with Crippen molar-refractivity contribution in [1.82, 2.24) is 0 Å². The van der Waals surface area contributed by atoms with Crippen LogP contribution in [0, 0.1) is 0 Å². The van der Waals surface area contributed by atoms with Crippen molar-refractivity contribution in [2.24, 2.45) is 0 Å². The largest absolute Gasteiger partial charge is 0.487 e. The molecule has 0 amide bonds.